The molecule has 1 aliphatic heterocycles. The van der Waals surface area contributed by atoms with Gasteiger partial charge in [-0.25, -0.2) is 0 Å². The Morgan fingerprint density at radius 1 is 1.12 bits per heavy atom. The second kappa shape index (κ2) is 7.69. The molecule has 0 spiro atoms. The number of carbonyl (C=O) groups is 1. The van der Waals surface area contributed by atoms with Gasteiger partial charge in [-0.2, -0.15) is 5.26 Å². The van der Waals surface area contributed by atoms with Crippen LogP contribution in [-0.2, 0) is 6.61 Å². The highest BCUT2D eigenvalue weighted by Crippen LogP contribution is 2.20. The van der Waals surface area contributed by atoms with Crippen LogP contribution in [0.15, 0.2) is 40.8 Å². The summed E-state index contributed by atoms with van der Waals surface area (Å²) in [6.45, 7) is 1.77. The summed E-state index contributed by atoms with van der Waals surface area (Å²) in [6, 6.07) is 12.6. The molecule has 0 N–H and O–H groups in total. The third-order valence-electron chi connectivity index (χ3n) is 4.14. The molecule has 5 heteroatoms. The van der Waals surface area contributed by atoms with Crippen molar-refractivity contribution in [1.82, 2.24) is 4.90 Å². The van der Waals surface area contributed by atoms with E-state index in [9.17, 15) is 4.79 Å². The zero-order chi connectivity index (χ0) is 16.8. The lowest BCUT2D eigenvalue weighted by Crippen LogP contribution is -2.31. The number of rotatable bonds is 4. The zero-order valence-electron chi connectivity index (χ0n) is 13.5. The normalized spacial score (nSPS) is 14.7. The molecule has 0 unspecified atom stereocenters. The lowest BCUT2D eigenvalue weighted by Gasteiger charge is -2.18. The molecule has 1 amide bonds. The van der Waals surface area contributed by atoms with Gasteiger partial charge in [0.15, 0.2) is 5.76 Å². The molecule has 0 radical (unpaired) electrons. The molecular weight excluding hydrogens is 304 g/mol. The van der Waals surface area contributed by atoms with Gasteiger partial charge in [0.05, 0.1) is 5.56 Å². The van der Waals surface area contributed by atoms with Crippen LogP contribution >= 0.6 is 0 Å². The number of ether oxygens (including phenoxy) is 1. The second-order valence-corrected chi connectivity index (χ2v) is 5.87. The van der Waals surface area contributed by atoms with Crippen LogP contribution in [0.5, 0.6) is 5.75 Å². The Morgan fingerprint density at radius 2 is 1.88 bits per heavy atom. The molecule has 124 valence electrons. The Hall–Kier alpha value is -2.74. The van der Waals surface area contributed by atoms with Gasteiger partial charge in [-0.05, 0) is 37.1 Å². The van der Waals surface area contributed by atoms with Gasteiger partial charge in [-0.1, -0.05) is 25.0 Å². The van der Waals surface area contributed by atoms with Crippen molar-refractivity contribution >= 4 is 5.91 Å². The molecular formula is C19H20N2O3. The zero-order valence-corrected chi connectivity index (χ0v) is 13.5. The molecule has 1 aromatic carbocycles. The number of nitrogens with zero attached hydrogens (tertiary/aromatic N) is 2. The fraction of sp³-hybridized carbons (Fsp3) is 0.368. The van der Waals surface area contributed by atoms with E-state index in [4.69, 9.17) is 14.4 Å². The Kier molecular flexibility index (Phi) is 5.17. The van der Waals surface area contributed by atoms with E-state index < -0.39 is 0 Å². The van der Waals surface area contributed by atoms with Gasteiger partial charge in [0.1, 0.15) is 24.2 Å². The first-order valence-electron chi connectivity index (χ1n) is 8.28. The molecule has 0 bridgehead atoms. The van der Waals surface area contributed by atoms with Crippen LogP contribution in [-0.4, -0.2) is 23.9 Å². The smallest absolute Gasteiger partial charge is 0.289 e. The minimum atomic E-state index is -0.0550. The first-order valence-corrected chi connectivity index (χ1v) is 8.28. The van der Waals surface area contributed by atoms with Gasteiger partial charge >= 0.3 is 0 Å². The van der Waals surface area contributed by atoms with Gasteiger partial charge in [0.25, 0.3) is 5.91 Å². The Balaban J connectivity index is 1.63. The van der Waals surface area contributed by atoms with Crippen molar-refractivity contribution in [2.45, 2.75) is 32.3 Å². The minimum Gasteiger partial charge on any atom is -0.484 e. The number of carbonyl (C=O) groups excluding carboxylic acids is 1. The molecule has 1 aliphatic rings. The van der Waals surface area contributed by atoms with Crippen molar-refractivity contribution in [3.8, 4) is 11.8 Å². The lowest BCUT2D eigenvalue weighted by atomic mass is 10.2. The number of para-hydroxylation sites is 1. The Morgan fingerprint density at radius 3 is 2.62 bits per heavy atom. The lowest BCUT2D eigenvalue weighted by molar-refractivity contribution is 0.0725. The second-order valence-electron chi connectivity index (χ2n) is 5.87. The maximum atomic E-state index is 12.5. The van der Waals surface area contributed by atoms with E-state index >= 15 is 0 Å². The van der Waals surface area contributed by atoms with E-state index in [1.807, 2.05) is 11.0 Å². The van der Waals surface area contributed by atoms with Crippen LogP contribution in [0.1, 0.15) is 47.6 Å². The van der Waals surface area contributed by atoms with Crippen LogP contribution in [0, 0.1) is 11.3 Å². The van der Waals surface area contributed by atoms with E-state index in [0.29, 0.717) is 22.8 Å². The van der Waals surface area contributed by atoms with E-state index in [1.54, 1.807) is 30.3 Å². The topological polar surface area (TPSA) is 66.5 Å². The highest BCUT2D eigenvalue weighted by Gasteiger charge is 2.20. The fourth-order valence-corrected chi connectivity index (χ4v) is 2.83. The summed E-state index contributed by atoms with van der Waals surface area (Å²) in [7, 11) is 0. The van der Waals surface area contributed by atoms with Crippen molar-refractivity contribution in [3.63, 3.8) is 0 Å². The van der Waals surface area contributed by atoms with Crippen molar-refractivity contribution in [1.29, 1.82) is 5.26 Å². The van der Waals surface area contributed by atoms with Gasteiger partial charge in [-0.3, -0.25) is 4.79 Å². The molecule has 0 atom stereocenters. The first kappa shape index (κ1) is 16.1. The summed E-state index contributed by atoms with van der Waals surface area (Å²) in [4.78, 5) is 14.4. The maximum Gasteiger partial charge on any atom is 0.289 e. The molecule has 5 nitrogen and oxygen atoms in total. The van der Waals surface area contributed by atoms with E-state index in [0.717, 1.165) is 25.9 Å². The number of furan rings is 1. The summed E-state index contributed by atoms with van der Waals surface area (Å²) in [6.07, 6.45) is 4.46. The number of hydrogen-bond acceptors (Lipinski definition) is 4. The average Bonchev–Trinajstić information content (AvgIpc) is 2.92. The van der Waals surface area contributed by atoms with Gasteiger partial charge in [0.2, 0.25) is 0 Å². The third-order valence-corrected chi connectivity index (χ3v) is 4.14. The van der Waals surface area contributed by atoms with Crippen molar-refractivity contribution in [3.05, 3.63) is 53.5 Å². The molecule has 24 heavy (non-hydrogen) atoms. The Labute approximate surface area is 141 Å². The maximum absolute atomic E-state index is 12.5. The third kappa shape index (κ3) is 3.77. The van der Waals surface area contributed by atoms with E-state index in [1.165, 1.54) is 12.8 Å². The Bertz CT molecular complexity index is 737. The van der Waals surface area contributed by atoms with Crippen LogP contribution in [0.2, 0.25) is 0 Å². The molecule has 2 heterocycles. The van der Waals surface area contributed by atoms with Crippen LogP contribution in [0.4, 0.5) is 0 Å². The monoisotopic (exact) mass is 324 g/mol. The van der Waals surface area contributed by atoms with Crippen molar-refractivity contribution < 1.29 is 13.9 Å². The quantitative estimate of drug-likeness (QED) is 0.859. The highest BCUT2D eigenvalue weighted by molar-refractivity contribution is 5.91. The van der Waals surface area contributed by atoms with Gasteiger partial charge in [0, 0.05) is 13.1 Å². The number of nitriles is 1. The average molecular weight is 324 g/mol. The number of likely N-dealkylation sites (tertiary alicyclic amines) is 1. The summed E-state index contributed by atoms with van der Waals surface area (Å²) >= 11 is 0. The highest BCUT2D eigenvalue weighted by atomic mass is 16.5. The summed E-state index contributed by atoms with van der Waals surface area (Å²) in [5, 5.41) is 9.06. The van der Waals surface area contributed by atoms with E-state index in [-0.39, 0.29) is 12.5 Å². The van der Waals surface area contributed by atoms with Gasteiger partial charge in [-0.15, -0.1) is 0 Å². The van der Waals surface area contributed by atoms with Crippen LogP contribution in [0.3, 0.4) is 0 Å². The fourth-order valence-electron chi connectivity index (χ4n) is 2.83. The van der Waals surface area contributed by atoms with Crippen molar-refractivity contribution in [2.75, 3.05) is 13.1 Å². The molecule has 0 saturated carbocycles. The summed E-state index contributed by atoms with van der Waals surface area (Å²) < 4.78 is 11.3. The molecule has 2 aromatic rings. The number of amides is 1. The van der Waals surface area contributed by atoms with Crippen LogP contribution < -0.4 is 4.74 Å². The standard InChI is InChI=1S/C19H20N2O3/c20-13-15-7-3-4-8-17(15)23-14-16-9-10-18(24-16)19(22)21-11-5-1-2-6-12-21/h3-4,7-10H,1-2,5-6,11-12,14H2. The van der Waals surface area contributed by atoms with Crippen molar-refractivity contribution in [2.24, 2.45) is 0 Å². The summed E-state index contributed by atoms with van der Waals surface area (Å²) in [5.74, 6) is 1.38. The van der Waals surface area contributed by atoms with Gasteiger partial charge < -0.3 is 14.1 Å². The number of hydrogen-bond donors (Lipinski definition) is 0. The largest absolute Gasteiger partial charge is 0.484 e. The minimum absolute atomic E-state index is 0.0550. The van der Waals surface area contributed by atoms with E-state index in [2.05, 4.69) is 6.07 Å². The van der Waals surface area contributed by atoms with Crippen LogP contribution in [0.25, 0.3) is 0 Å². The predicted molar refractivity (Wildman–Crippen MR) is 88.6 cm³/mol. The number of benzene rings is 1. The molecule has 0 aliphatic carbocycles. The summed E-state index contributed by atoms with van der Waals surface area (Å²) in [5.41, 5.74) is 0.477. The first-order chi connectivity index (χ1) is 11.8. The molecule has 1 aromatic heterocycles. The molecule has 1 saturated heterocycles. The predicted octanol–water partition coefficient (Wildman–Crippen LogP) is 3.75. The SMILES string of the molecule is N#Cc1ccccc1OCc1ccc(C(=O)N2CCCCCC2)o1. The molecule has 3 rings (SSSR count). The molecule has 1 fully saturated rings.